The Balaban J connectivity index is 1.22. The number of carbonyl (C=O) groups excluding carboxylic acids is 10. The van der Waals surface area contributed by atoms with E-state index in [1.807, 2.05) is 19.9 Å². The fourth-order valence-electron chi connectivity index (χ4n) is 10.5. The van der Waals surface area contributed by atoms with Gasteiger partial charge in [-0.3, -0.25) is 52.9 Å². The summed E-state index contributed by atoms with van der Waals surface area (Å²) in [5.74, 6) is -7.55. The number of para-hydroxylation sites is 1. The maximum Gasteiger partial charge on any atom is 0.245 e. The van der Waals surface area contributed by atoms with Crippen molar-refractivity contribution in [1.82, 2.24) is 67.7 Å². The standard InChI is InChI=1S/C59H84N16O12/c1-6-63-57(86)48-14-10-22-75(48)58(87)41(13-9-21-64-59(60)61)68-51(80)42(23-32(2)3)69-52(81)43(24-33(4)5)70-53(82)44(25-34-15-17-37(77)18-16-34)71-56(85)47(30-76)74-54(83)45(26-35-28-65-39-12-8-7-11-38(35)39)72-55(84)46(27-36-29-62-31-66-36)73-50(79)40-19-20-49(78)67-40/h7-8,11-12,15-18,28-29,31-33,40-48,65,76-77H,6,9-10,13-14,19-27,30H2,1-5H3,(H,62,66)(H,63,86)(H,67,78)(H,68,80)(H,69,81)(H,70,82)(H,71,85)(H,72,84)(H,73,79)(H,74,83)(H4,60,61,64)/t40-,41-,42-,43+,44-,45-,46-,47-,48-/m0/s1/i2+1,3+1,23+1,32+1,42+1,51+1,69+1. The van der Waals surface area contributed by atoms with Crippen molar-refractivity contribution in [2.45, 2.75) is 160 Å². The molecule has 4 aromatic rings. The Kier molecular flexibility index (Phi) is 25.0. The second kappa shape index (κ2) is 32.4. The molecule has 6 rings (SSSR count). The van der Waals surface area contributed by atoms with Gasteiger partial charge in [0.15, 0.2) is 5.96 Å². The van der Waals surface area contributed by atoms with E-state index in [0.717, 1.165) is 5.52 Å². The third kappa shape index (κ3) is 20.0. The highest BCUT2D eigenvalue weighted by molar-refractivity contribution is 5.99. The predicted molar refractivity (Wildman–Crippen MR) is 320 cm³/mol. The van der Waals surface area contributed by atoms with E-state index in [1.54, 1.807) is 45.2 Å². The number of likely N-dealkylation sites (N-methyl/N-ethyl adjacent to an activating group) is 1. The Morgan fingerprint density at radius 2 is 1.28 bits per heavy atom. The number of aliphatic imine (C=N–C) groups is 1. The zero-order valence-corrected chi connectivity index (χ0v) is 49.8. The normalized spacial score (nSPS) is 17.1. The highest BCUT2D eigenvalue weighted by atomic mass is 16.3. The molecule has 17 N–H and O–H groups in total. The Bertz CT molecular complexity index is 3050. The molecule has 0 unspecified atom stereocenters. The molecule has 87 heavy (non-hydrogen) atoms. The molecule has 10 amide bonds. The number of aliphatic hydroxyl groups is 1. The van der Waals surface area contributed by atoms with E-state index in [2.05, 4.69) is 67.8 Å². The second-order valence-corrected chi connectivity index (χ2v) is 22.8. The number of H-pyrrole nitrogens is 2. The number of benzene rings is 2. The lowest BCUT2D eigenvalue weighted by molar-refractivity contribution is -0.142. The first-order valence-electron chi connectivity index (χ1n) is 29.5. The van der Waals surface area contributed by atoms with Crippen LogP contribution in [0, 0.1) is 11.8 Å². The molecule has 28 heteroatoms. The molecule has 0 spiro atoms. The number of carbonyl (C=O) groups is 10. The van der Waals surface area contributed by atoms with Gasteiger partial charge in [-0.25, -0.2) is 4.98 Å². The van der Waals surface area contributed by atoms with Crippen molar-refractivity contribution in [1.29, 1.82) is 0 Å². The van der Waals surface area contributed by atoms with E-state index in [9.17, 15) is 58.2 Å². The number of phenols is 1. The summed E-state index contributed by atoms with van der Waals surface area (Å²) in [7, 11) is 0. The zero-order valence-electron chi connectivity index (χ0n) is 49.8. The minimum atomic E-state index is -1.75. The molecule has 0 radical (unpaired) electrons. The number of fused-ring (bicyclic) bond motifs is 1. The number of aliphatic hydroxyl groups excluding tert-OH is 1. The molecule has 2 aliphatic rings. The van der Waals surface area contributed by atoms with E-state index in [-0.39, 0.29) is 106 Å². The number of hydrogen-bond acceptors (Lipinski definition) is 14. The number of aromatic nitrogens is 3. The van der Waals surface area contributed by atoms with Gasteiger partial charge in [0, 0.05) is 74.3 Å². The minimum Gasteiger partial charge on any atom is -0.508 e. The quantitative estimate of drug-likeness (QED) is 0.00876. The van der Waals surface area contributed by atoms with Gasteiger partial charge in [0.05, 0.1) is 12.9 Å². The van der Waals surface area contributed by atoms with Gasteiger partial charge in [0.25, 0.3) is 0 Å². The summed E-state index contributed by atoms with van der Waals surface area (Å²) in [5, 5.41) is 45.9. The van der Waals surface area contributed by atoms with Gasteiger partial charge in [0.1, 0.15) is 60.1 Å². The maximum atomic E-state index is 14.7. The Morgan fingerprint density at radius 3 is 1.85 bits per heavy atom. The van der Waals surface area contributed by atoms with Crippen molar-refractivity contribution in [3.8, 4) is 5.75 Å². The van der Waals surface area contributed by atoms with Crippen molar-refractivity contribution < 1.29 is 58.2 Å². The number of aromatic hydroxyl groups is 1. The van der Waals surface area contributed by atoms with Crippen molar-refractivity contribution in [3.05, 3.63) is 84.1 Å². The van der Waals surface area contributed by atoms with Crippen LogP contribution in [-0.2, 0) is 67.2 Å². The van der Waals surface area contributed by atoms with E-state index in [4.69, 9.17) is 11.5 Å². The van der Waals surface area contributed by atoms with Gasteiger partial charge in [-0.15, -0.1) is 0 Å². The number of nitrogens with one attached hydrogen (secondary N) is 11. The molecule has 4 heterocycles. The number of likely N-dealkylation sites (tertiary alicyclic amines) is 1. The summed E-state index contributed by atoms with van der Waals surface area (Å²) in [6.45, 7) is 8.82. The third-order valence-electron chi connectivity index (χ3n) is 14.9. The Labute approximate surface area is 504 Å². The summed E-state index contributed by atoms with van der Waals surface area (Å²) in [6.07, 6.45) is 5.80. The van der Waals surface area contributed by atoms with Gasteiger partial charge < -0.3 is 84.4 Å². The van der Waals surface area contributed by atoms with Crippen LogP contribution < -0.4 is 59.3 Å². The number of rotatable bonds is 32. The summed E-state index contributed by atoms with van der Waals surface area (Å²) in [6, 6.07) is 1.58. The number of amides is 10. The van der Waals surface area contributed by atoms with E-state index in [0.29, 0.717) is 41.6 Å². The van der Waals surface area contributed by atoms with Crippen molar-refractivity contribution in [2.24, 2.45) is 28.3 Å². The average Bonchev–Trinajstić information content (AvgIpc) is 2.39. The van der Waals surface area contributed by atoms with Gasteiger partial charge in [-0.2, -0.15) is 0 Å². The Hall–Kier alpha value is -9.08. The number of nitrogens with two attached hydrogens (primary N) is 2. The molecule has 2 aromatic carbocycles. The monoisotopic (exact) mass is 1220 g/mol. The smallest absolute Gasteiger partial charge is 0.245 e. The number of imidazole rings is 1. The summed E-state index contributed by atoms with van der Waals surface area (Å²) >= 11 is 0. The summed E-state index contributed by atoms with van der Waals surface area (Å²) < 4.78 is 0. The fraction of sp³-hybridized carbons (Fsp3) is 0.525. The average molecular weight is 1220 g/mol. The van der Waals surface area contributed by atoms with Gasteiger partial charge in [-0.1, -0.05) is 58.0 Å². The maximum absolute atomic E-state index is 14.7. The molecule has 0 aliphatic carbocycles. The van der Waals surface area contributed by atoms with Crippen LogP contribution in [0.5, 0.6) is 5.75 Å². The van der Waals surface area contributed by atoms with Crippen molar-refractivity contribution in [2.75, 3.05) is 26.2 Å². The summed E-state index contributed by atoms with van der Waals surface area (Å²) in [4.78, 5) is 155. The van der Waals surface area contributed by atoms with Crippen LogP contribution in [0.15, 0.2) is 72.2 Å². The second-order valence-electron chi connectivity index (χ2n) is 22.8. The largest absolute Gasteiger partial charge is 0.508 e. The first-order valence-corrected chi connectivity index (χ1v) is 29.5. The lowest BCUT2D eigenvalue weighted by Crippen LogP contribution is -2.61. The SMILES string of the molecule is CCNC(=O)[C@@H]1CCCN1C(=O)[C@H](CCCN=C(N)N)N[13C](=O)[13C@H]([13CH2][13CH]([13CH3])[13CH3])[15NH]C(=O)[C@@H](CC(C)C)NC(=O)[C@H](Cc1ccc(O)cc1)NC(=O)[C@H](CO)NC(=O)[C@H](Cc1c[nH]c2ccccc12)NC(=O)[C@H](Cc1cnc[nH]1)NC(=O)[C@@H]1CCC(=O)N1. The van der Waals surface area contributed by atoms with Crippen molar-refractivity contribution >= 4 is 75.9 Å². The molecular formula is C59H84N16O12. The molecule has 28 nitrogen and oxygen atoms in total. The van der Waals surface area contributed by atoms with E-state index < -0.39 is 108 Å². The minimum absolute atomic E-state index is 0.0397. The van der Waals surface area contributed by atoms with Crippen LogP contribution in [0.1, 0.15) is 103 Å². The first-order chi connectivity index (χ1) is 41.5. The number of aromatic amines is 2. The zero-order chi connectivity index (χ0) is 63.3. The Morgan fingerprint density at radius 1 is 0.701 bits per heavy atom. The molecule has 2 saturated heterocycles. The number of phenolic OH excluding ortho intramolecular Hbond substituents is 1. The number of guanidine groups is 1. The first kappa shape index (κ1) is 67.1. The molecule has 2 aromatic heterocycles. The van der Waals surface area contributed by atoms with E-state index >= 15 is 0 Å². The highest BCUT2D eigenvalue weighted by Crippen LogP contribution is 2.22. The van der Waals surface area contributed by atoms with Crippen LogP contribution in [0.3, 0.4) is 0 Å². The molecule has 2 aliphatic heterocycles. The lowest BCUT2D eigenvalue weighted by Gasteiger charge is -2.31. The molecule has 2 fully saturated rings. The van der Waals surface area contributed by atoms with Gasteiger partial charge in [0.2, 0.25) is 59.1 Å². The molecule has 0 bridgehead atoms. The molecule has 9 atom stereocenters. The summed E-state index contributed by atoms with van der Waals surface area (Å²) in [5.41, 5.74) is 13.3. The van der Waals surface area contributed by atoms with Crippen LogP contribution in [0.4, 0.5) is 0 Å². The molecule has 472 valence electrons. The topological polar surface area (TPSA) is 432 Å². The predicted octanol–water partition coefficient (Wildman–Crippen LogP) is -1.44. The van der Waals surface area contributed by atoms with Crippen LogP contribution in [0.25, 0.3) is 10.9 Å². The molecular weight excluding hydrogens is 1130 g/mol. The van der Waals surface area contributed by atoms with Gasteiger partial charge in [-0.05, 0) is 93.0 Å². The third-order valence-corrected chi connectivity index (χ3v) is 14.9. The highest BCUT2D eigenvalue weighted by Gasteiger charge is 2.40. The van der Waals surface area contributed by atoms with Crippen LogP contribution >= 0.6 is 0 Å². The fourth-order valence-corrected chi connectivity index (χ4v) is 10.5. The van der Waals surface area contributed by atoms with Crippen molar-refractivity contribution in [3.63, 3.8) is 0 Å². The lowest BCUT2D eigenvalue weighted by atomic mass is 10.0. The number of hydrogen-bond donors (Lipinski definition) is 15. The number of nitrogens with zero attached hydrogens (tertiary/aromatic N) is 3. The van der Waals surface area contributed by atoms with Crippen LogP contribution in [0.2, 0.25) is 0 Å². The van der Waals surface area contributed by atoms with E-state index in [1.165, 1.54) is 41.7 Å². The molecule has 0 saturated carbocycles. The van der Waals surface area contributed by atoms with Crippen LogP contribution in [-0.4, -0.2) is 176 Å². The van der Waals surface area contributed by atoms with Gasteiger partial charge >= 0.3 is 0 Å².